The number of carbonyl (C=O) groups excluding carboxylic acids is 1. The molecule has 1 N–H and O–H groups in total. The van der Waals surface area contributed by atoms with Gasteiger partial charge in [-0.05, 0) is 59.0 Å². The highest BCUT2D eigenvalue weighted by Gasteiger charge is 2.07. The van der Waals surface area contributed by atoms with Crippen molar-refractivity contribution in [2.75, 3.05) is 5.32 Å². The molecule has 0 aliphatic rings. The van der Waals surface area contributed by atoms with Gasteiger partial charge in [0.05, 0.1) is 0 Å². The Balaban J connectivity index is 1.74. The zero-order valence-corrected chi connectivity index (χ0v) is 14.1. The summed E-state index contributed by atoms with van der Waals surface area (Å²) in [6.45, 7) is 0. The number of nitrogens with zero attached hydrogens (tertiary/aromatic N) is 2. The summed E-state index contributed by atoms with van der Waals surface area (Å²) < 4.78 is 6.56. The second-order valence-electron chi connectivity index (χ2n) is 4.63. The van der Waals surface area contributed by atoms with Crippen LogP contribution in [0.25, 0.3) is 0 Å². The summed E-state index contributed by atoms with van der Waals surface area (Å²) in [5.41, 5.74) is 1.25. The zero-order chi connectivity index (χ0) is 16.1. The number of benzene rings is 2. The van der Waals surface area contributed by atoms with Crippen LogP contribution in [-0.4, -0.2) is 15.9 Å². The third-order valence-electron chi connectivity index (χ3n) is 2.93. The highest BCUT2D eigenvalue weighted by atomic mass is 127. The van der Waals surface area contributed by atoms with Gasteiger partial charge in [-0.15, -0.1) is 0 Å². The predicted molar refractivity (Wildman–Crippen MR) is 95.7 cm³/mol. The standard InChI is InChI=1S/C17H12IN3O2/c18-13-5-1-4-12(10-13)16(22)21-14-6-2-7-15(11-14)23-17-19-8-3-9-20-17/h1-11H,(H,21,22). The van der Waals surface area contributed by atoms with Crippen molar-refractivity contribution in [3.8, 4) is 11.8 Å². The fourth-order valence-corrected chi connectivity index (χ4v) is 2.46. The monoisotopic (exact) mass is 417 g/mol. The number of anilines is 1. The highest BCUT2D eigenvalue weighted by Crippen LogP contribution is 2.22. The molecular formula is C17H12IN3O2. The van der Waals surface area contributed by atoms with Gasteiger partial charge in [-0.3, -0.25) is 4.79 Å². The van der Waals surface area contributed by atoms with Crippen molar-refractivity contribution in [3.05, 3.63) is 76.1 Å². The molecule has 0 atom stereocenters. The number of carbonyl (C=O) groups is 1. The van der Waals surface area contributed by atoms with Crippen molar-refractivity contribution in [2.45, 2.75) is 0 Å². The molecule has 3 aromatic rings. The van der Waals surface area contributed by atoms with Crippen molar-refractivity contribution >= 4 is 34.2 Å². The van der Waals surface area contributed by atoms with Gasteiger partial charge in [0.15, 0.2) is 0 Å². The van der Waals surface area contributed by atoms with Crippen molar-refractivity contribution in [2.24, 2.45) is 0 Å². The van der Waals surface area contributed by atoms with Gasteiger partial charge in [-0.25, -0.2) is 9.97 Å². The third kappa shape index (κ3) is 4.26. The van der Waals surface area contributed by atoms with E-state index in [0.29, 0.717) is 17.0 Å². The first-order chi connectivity index (χ1) is 11.2. The Morgan fingerprint density at radius 2 is 1.78 bits per heavy atom. The maximum atomic E-state index is 12.3. The van der Waals surface area contributed by atoms with Gasteiger partial charge in [0.25, 0.3) is 5.91 Å². The molecule has 0 saturated heterocycles. The quantitative estimate of drug-likeness (QED) is 0.649. The van der Waals surface area contributed by atoms with Crippen LogP contribution < -0.4 is 10.1 Å². The lowest BCUT2D eigenvalue weighted by atomic mass is 10.2. The van der Waals surface area contributed by atoms with E-state index in [4.69, 9.17) is 4.74 Å². The third-order valence-corrected chi connectivity index (χ3v) is 3.60. The van der Waals surface area contributed by atoms with E-state index < -0.39 is 0 Å². The molecule has 0 spiro atoms. The van der Waals surface area contributed by atoms with E-state index in [1.54, 1.807) is 48.8 Å². The minimum atomic E-state index is -0.170. The fourth-order valence-electron chi connectivity index (χ4n) is 1.91. The largest absolute Gasteiger partial charge is 0.424 e. The van der Waals surface area contributed by atoms with Gasteiger partial charge < -0.3 is 10.1 Å². The SMILES string of the molecule is O=C(Nc1cccc(Oc2ncccn2)c1)c1cccc(I)c1. The first kappa shape index (κ1) is 15.4. The molecule has 1 amide bonds. The van der Waals surface area contributed by atoms with E-state index >= 15 is 0 Å². The van der Waals surface area contributed by atoms with Gasteiger partial charge in [-0.1, -0.05) is 12.1 Å². The van der Waals surface area contributed by atoms with Crippen molar-refractivity contribution in [3.63, 3.8) is 0 Å². The normalized spacial score (nSPS) is 10.1. The Labute approximate surface area is 146 Å². The van der Waals surface area contributed by atoms with E-state index in [1.807, 2.05) is 18.2 Å². The number of rotatable bonds is 4. The molecule has 0 aliphatic carbocycles. The van der Waals surface area contributed by atoms with E-state index in [9.17, 15) is 4.79 Å². The van der Waals surface area contributed by atoms with Gasteiger partial charge in [0.1, 0.15) is 5.75 Å². The van der Waals surface area contributed by atoms with Crippen LogP contribution in [-0.2, 0) is 0 Å². The molecule has 0 radical (unpaired) electrons. The Kier molecular flexibility index (Phi) is 4.82. The molecule has 6 heteroatoms. The number of hydrogen-bond acceptors (Lipinski definition) is 4. The summed E-state index contributed by atoms with van der Waals surface area (Å²) >= 11 is 2.17. The summed E-state index contributed by atoms with van der Waals surface area (Å²) in [5, 5.41) is 2.85. The summed E-state index contributed by atoms with van der Waals surface area (Å²) in [5.74, 6) is 0.383. The van der Waals surface area contributed by atoms with Crippen molar-refractivity contribution in [1.29, 1.82) is 0 Å². The second kappa shape index (κ2) is 7.19. The van der Waals surface area contributed by atoms with E-state index in [2.05, 4.69) is 37.9 Å². The molecule has 3 rings (SSSR count). The zero-order valence-electron chi connectivity index (χ0n) is 11.9. The summed E-state index contributed by atoms with van der Waals surface area (Å²) in [6.07, 6.45) is 3.20. The maximum Gasteiger partial charge on any atom is 0.321 e. The smallest absolute Gasteiger partial charge is 0.321 e. The molecule has 1 aromatic heterocycles. The highest BCUT2D eigenvalue weighted by molar-refractivity contribution is 14.1. The van der Waals surface area contributed by atoms with Crippen LogP contribution in [0.3, 0.4) is 0 Å². The van der Waals surface area contributed by atoms with Crippen LogP contribution in [0.2, 0.25) is 0 Å². The average Bonchev–Trinajstić information content (AvgIpc) is 2.56. The number of ether oxygens (including phenoxy) is 1. The van der Waals surface area contributed by atoms with E-state index in [-0.39, 0.29) is 11.9 Å². The van der Waals surface area contributed by atoms with Gasteiger partial charge in [0, 0.05) is 33.3 Å². The van der Waals surface area contributed by atoms with Gasteiger partial charge >= 0.3 is 6.01 Å². The Morgan fingerprint density at radius 1 is 1.00 bits per heavy atom. The minimum Gasteiger partial charge on any atom is -0.424 e. The minimum absolute atomic E-state index is 0.170. The van der Waals surface area contributed by atoms with Crippen LogP contribution >= 0.6 is 22.6 Å². The van der Waals surface area contributed by atoms with Crippen LogP contribution in [0.5, 0.6) is 11.8 Å². The lowest BCUT2D eigenvalue weighted by molar-refractivity contribution is 0.102. The molecular weight excluding hydrogens is 405 g/mol. The lowest BCUT2D eigenvalue weighted by Gasteiger charge is -2.08. The number of nitrogens with one attached hydrogen (secondary N) is 1. The molecule has 0 aliphatic heterocycles. The van der Waals surface area contributed by atoms with Gasteiger partial charge in [-0.2, -0.15) is 0 Å². The van der Waals surface area contributed by atoms with Gasteiger partial charge in [0.2, 0.25) is 0 Å². The molecule has 0 bridgehead atoms. The van der Waals surface area contributed by atoms with Crippen LogP contribution in [0.1, 0.15) is 10.4 Å². The fraction of sp³-hybridized carbons (Fsp3) is 0. The number of halogens is 1. The van der Waals surface area contributed by atoms with Crippen LogP contribution in [0, 0.1) is 3.57 Å². The molecule has 5 nitrogen and oxygen atoms in total. The number of hydrogen-bond donors (Lipinski definition) is 1. The van der Waals surface area contributed by atoms with Crippen LogP contribution in [0.4, 0.5) is 5.69 Å². The summed E-state index contributed by atoms with van der Waals surface area (Å²) in [7, 11) is 0. The van der Waals surface area contributed by atoms with E-state index in [1.165, 1.54) is 0 Å². The molecule has 0 fully saturated rings. The Morgan fingerprint density at radius 3 is 2.57 bits per heavy atom. The Hall–Kier alpha value is -2.48. The van der Waals surface area contributed by atoms with E-state index in [0.717, 1.165) is 3.57 Å². The first-order valence-electron chi connectivity index (χ1n) is 6.82. The number of amides is 1. The van der Waals surface area contributed by atoms with Crippen molar-refractivity contribution in [1.82, 2.24) is 9.97 Å². The maximum absolute atomic E-state index is 12.3. The molecule has 0 saturated carbocycles. The van der Waals surface area contributed by atoms with Crippen LogP contribution in [0.15, 0.2) is 67.0 Å². The topological polar surface area (TPSA) is 64.1 Å². The van der Waals surface area contributed by atoms with Crippen molar-refractivity contribution < 1.29 is 9.53 Å². The molecule has 1 heterocycles. The number of aromatic nitrogens is 2. The lowest BCUT2D eigenvalue weighted by Crippen LogP contribution is -2.11. The second-order valence-corrected chi connectivity index (χ2v) is 5.87. The molecule has 23 heavy (non-hydrogen) atoms. The summed E-state index contributed by atoms with van der Waals surface area (Å²) in [6, 6.07) is 16.4. The molecule has 114 valence electrons. The molecule has 0 unspecified atom stereocenters. The average molecular weight is 417 g/mol. The summed E-state index contributed by atoms with van der Waals surface area (Å²) in [4.78, 5) is 20.3. The first-order valence-corrected chi connectivity index (χ1v) is 7.90. The molecule has 2 aromatic carbocycles. The Bertz CT molecular complexity index is 825. The predicted octanol–water partition coefficient (Wildman–Crippen LogP) is 4.13.